The third kappa shape index (κ3) is 2.26. The van der Waals surface area contributed by atoms with Crippen LogP contribution in [0.3, 0.4) is 0 Å². The quantitative estimate of drug-likeness (QED) is 0.827. The van der Waals surface area contributed by atoms with Gasteiger partial charge in [-0.05, 0) is 12.8 Å². The number of likely N-dealkylation sites (tertiary alicyclic amines) is 1. The van der Waals surface area contributed by atoms with Crippen molar-refractivity contribution < 1.29 is 4.79 Å². The molecule has 1 aromatic heterocycles. The average Bonchev–Trinajstić information content (AvgIpc) is 2.81. The Morgan fingerprint density at radius 2 is 2.44 bits per heavy atom. The van der Waals surface area contributed by atoms with Gasteiger partial charge in [0.15, 0.2) is 0 Å². The summed E-state index contributed by atoms with van der Waals surface area (Å²) in [5.41, 5.74) is 0. The highest BCUT2D eigenvalue weighted by atomic mass is 16.2. The molecular weight excluding hydrogens is 202 g/mol. The second-order valence-corrected chi connectivity index (χ2v) is 4.75. The minimum Gasteiger partial charge on any atom is -0.348 e. The van der Waals surface area contributed by atoms with Gasteiger partial charge in [-0.2, -0.15) is 0 Å². The summed E-state index contributed by atoms with van der Waals surface area (Å²) in [5, 5.41) is 0. The average molecular weight is 221 g/mol. The highest BCUT2D eigenvalue weighted by Crippen LogP contribution is 2.25. The van der Waals surface area contributed by atoms with E-state index < -0.39 is 0 Å². The van der Waals surface area contributed by atoms with E-state index in [1.165, 1.54) is 0 Å². The highest BCUT2D eigenvalue weighted by molar-refractivity contribution is 5.78. The number of nitrogens with one attached hydrogen (secondary N) is 1. The second-order valence-electron chi connectivity index (χ2n) is 4.75. The SMILES string of the molecule is CC(C)C(=O)N1CCCC(c2ncc[nH]2)C1. The predicted octanol–water partition coefficient (Wildman–Crippen LogP) is 1.77. The van der Waals surface area contributed by atoms with Crippen LogP contribution in [-0.4, -0.2) is 33.9 Å². The Morgan fingerprint density at radius 3 is 3.06 bits per heavy atom. The Bertz CT molecular complexity index is 345. The van der Waals surface area contributed by atoms with E-state index in [1.807, 2.05) is 24.9 Å². The third-order valence-corrected chi connectivity index (χ3v) is 3.13. The third-order valence-electron chi connectivity index (χ3n) is 3.13. The lowest BCUT2D eigenvalue weighted by Gasteiger charge is -2.33. The monoisotopic (exact) mass is 221 g/mol. The number of aromatic nitrogens is 2. The summed E-state index contributed by atoms with van der Waals surface area (Å²) in [4.78, 5) is 21.3. The number of piperidine rings is 1. The molecule has 0 aliphatic carbocycles. The van der Waals surface area contributed by atoms with Gasteiger partial charge in [0.1, 0.15) is 5.82 Å². The van der Waals surface area contributed by atoms with Gasteiger partial charge < -0.3 is 9.88 Å². The van der Waals surface area contributed by atoms with Crippen LogP contribution in [0, 0.1) is 5.92 Å². The van der Waals surface area contributed by atoms with Crippen LogP contribution < -0.4 is 0 Å². The van der Waals surface area contributed by atoms with Crippen LogP contribution in [0.15, 0.2) is 12.4 Å². The highest BCUT2D eigenvalue weighted by Gasteiger charge is 2.26. The largest absolute Gasteiger partial charge is 0.348 e. The van der Waals surface area contributed by atoms with Crippen LogP contribution in [0.4, 0.5) is 0 Å². The fraction of sp³-hybridized carbons (Fsp3) is 0.667. The summed E-state index contributed by atoms with van der Waals surface area (Å²) in [7, 11) is 0. The van der Waals surface area contributed by atoms with E-state index in [1.54, 1.807) is 6.20 Å². The van der Waals surface area contributed by atoms with Crippen molar-refractivity contribution in [2.24, 2.45) is 5.92 Å². The van der Waals surface area contributed by atoms with E-state index in [-0.39, 0.29) is 11.8 Å². The summed E-state index contributed by atoms with van der Waals surface area (Å²) >= 11 is 0. The van der Waals surface area contributed by atoms with Gasteiger partial charge in [-0.1, -0.05) is 13.8 Å². The topological polar surface area (TPSA) is 49.0 Å². The lowest BCUT2D eigenvalue weighted by atomic mass is 9.96. The zero-order chi connectivity index (χ0) is 11.5. The maximum atomic E-state index is 11.9. The fourth-order valence-corrected chi connectivity index (χ4v) is 2.27. The molecule has 0 saturated carbocycles. The predicted molar refractivity (Wildman–Crippen MR) is 62.0 cm³/mol. The minimum absolute atomic E-state index is 0.0929. The molecular formula is C12H19N3O. The summed E-state index contributed by atoms with van der Waals surface area (Å²) in [6.45, 7) is 5.62. The number of hydrogen-bond donors (Lipinski definition) is 1. The molecule has 1 N–H and O–H groups in total. The Labute approximate surface area is 96.1 Å². The Kier molecular flexibility index (Phi) is 3.27. The first kappa shape index (κ1) is 11.2. The van der Waals surface area contributed by atoms with Gasteiger partial charge in [0, 0.05) is 37.3 Å². The molecule has 88 valence electrons. The van der Waals surface area contributed by atoms with E-state index in [9.17, 15) is 4.79 Å². The Balaban J connectivity index is 2.02. The molecule has 1 saturated heterocycles. The van der Waals surface area contributed by atoms with Crippen LogP contribution in [0.2, 0.25) is 0 Å². The zero-order valence-electron chi connectivity index (χ0n) is 9.94. The van der Waals surface area contributed by atoms with Crippen molar-refractivity contribution in [3.05, 3.63) is 18.2 Å². The molecule has 0 radical (unpaired) electrons. The number of amides is 1. The van der Waals surface area contributed by atoms with Gasteiger partial charge >= 0.3 is 0 Å². The molecule has 1 fully saturated rings. The molecule has 1 aromatic rings. The molecule has 2 heterocycles. The molecule has 16 heavy (non-hydrogen) atoms. The van der Waals surface area contributed by atoms with Crippen molar-refractivity contribution in [1.29, 1.82) is 0 Å². The smallest absolute Gasteiger partial charge is 0.225 e. The second kappa shape index (κ2) is 4.68. The van der Waals surface area contributed by atoms with E-state index >= 15 is 0 Å². The van der Waals surface area contributed by atoms with Crippen LogP contribution in [0.25, 0.3) is 0 Å². The molecule has 2 rings (SSSR count). The number of nitrogens with zero attached hydrogens (tertiary/aromatic N) is 2. The molecule has 1 unspecified atom stereocenters. The number of rotatable bonds is 2. The number of aromatic amines is 1. The number of H-pyrrole nitrogens is 1. The molecule has 1 atom stereocenters. The summed E-state index contributed by atoms with van der Waals surface area (Å²) in [6.07, 6.45) is 5.82. The lowest BCUT2D eigenvalue weighted by molar-refractivity contribution is -0.135. The summed E-state index contributed by atoms with van der Waals surface area (Å²) < 4.78 is 0. The summed E-state index contributed by atoms with van der Waals surface area (Å²) in [6, 6.07) is 0. The molecule has 4 nitrogen and oxygen atoms in total. The normalized spacial score (nSPS) is 21.4. The van der Waals surface area contributed by atoms with Gasteiger partial charge in [0.05, 0.1) is 0 Å². The molecule has 1 aliphatic heterocycles. The molecule has 0 aromatic carbocycles. The maximum absolute atomic E-state index is 11.9. The van der Waals surface area contributed by atoms with Crippen molar-refractivity contribution in [1.82, 2.24) is 14.9 Å². The summed E-state index contributed by atoms with van der Waals surface area (Å²) in [5.74, 6) is 1.75. The number of hydrogen-bond acceptors (Lipinski definition) is 2. The van der Waals surface area contributed by atoms with Crippen molar-refractivity contribution in [3.8, 4) is 0 Å². The molecule has 0 bridgehead atoms. The van der Waals surface area contributed by atoms with Crippen molar-refractivity contribution in [3.63, 3.8) is 0 Å². The van der Waals surface area contributed by atoms with Gasteiger partial charge in [-0.25, -0.2) is 4.98 Å². The molecule has 1 amide bonds. The van der Waals surface area contributed by atoms with Gasteiger partial charge in [0.2, 0.25) is 5.91 Å². The van der Waals surface area contributed by atoms with Gasteiger partial charge in [0.25, 0.3) is 0 Å². The van der Waals surface area contributed by atoms with Gasteiger partial charge in [-0.15, -0.1) is 0 Å². The zero-order valence-corrected chi connectivity index (χ0v) is 9.94. The molecule has 4 heteroatoms. The maximum Gasteiger partial charge on any atom is 0.225 e. The van der Waals surface area contributed by atoms with Crippen LogP contribution in [0.1, 0.15) is 38.4 Å². The number of carbonyl (C=O) groups is 1. The lowest BCUT2D eigenvalue weighted by Crippen LogP contribution is -2.41. The van der Waals surface area contributed by atoms with E-state index in [0.29, 0.717) is 5.92 Å². The standard InChI is InChI=1S/C12H19N3O/c1-9(2)12(16)15-7-3-4-10(8-15)11-13-5-6-14-11/h5-6,9-10H,3-4,7-8H2,1-2H3,(H,13,14). The van der Waals surface area contributed by atoms with Crippen molar-refractivity contribution in [2.45, 2.75) is 32.6 Å². The fourth-order valence-electron chi connectivity index (χ4n) is 2.27. The Hall–Kier alpha value is -1.32. The minimum atomic E-state index is 0.0929. The van der Waals surface area contributed by atoms with E-state index in [4.69, 9.17) is 0 Å². The molecule has 0 spiro atoms. The first-order valence-electron chi connectivity index (χ1n) is 5.96. The number of carbonyl (C=O) groups excluding carboxylic acids is 1. The van der Waals surface area contributed by atoms with Crippen LogP contribution in [0.5, 0.6) is 0 Å². The van der Waals surface area contributed by atoms with Crippen molar-refractivity contribution in [2.75, 3.05) is 13.1 Å². The van der Waals surface area contributed by atoms with E-state index in [0.717, 1.165) is 31.8 Å². The first-order valence-corrected chi connectivity index (χ1v) is 5.96. The van der Waals surface area contributed by atoms with Gasteiger partial charge in [-0.3, -0.25) is 4.79 Å². The van der Waals surface area contributed by atoms with Crippen LogP contribution in [-0.2, 0) is 4.79 Å². The van der Waals surface area contributed by atoms with Crippen LogP contribution >= 0.6 is 0 Å². The number of imidazole rings is 1. The Morgan fingerprint density at radius 1 is 1.62 bits per heavy atom. The van der Waals surface area contributed by atoms with E-state index in [2.05, 4.69) is 9.97 Å². The molecule has 1 aliphatic rings. The van der Waals surface area contributed by atoms with Crippen molar-refractivity contribution >= 4 is 5.91 Å². The first-order chi connectivity index (χ1) is 7.68.